The number of hydrogen-bond donors (Lipinski definition) is 5. The maximum atomic E-state index is 13.5. The number of amides is 3. The molecule has 1 saturated heterocycles. The summed E-state index contributed by atoms with van der Waals surface area (Å²) in [6.45, 7) is 9.68. The molecule has 63 heavy (non-hydrogen) atoms. The average molecular weight is 863 g/mol. The second kappa shape index (κ2) is 21.0. The van der Waals surface area contributed by atoms with Crippen molar-refractivity contribution in [2.24, 2.45) is 0 Å². The number of fused-ring (bicyclic) bond motifs is 1. The number of pyridine rings is 2. The average Bonchev–Trinajstić information content (AvgIpc) is 3.95. The van der Waals surface area contributed by atoms with Crippen LogP contribution in [0.2, 0.25) is 0 Å². The molecule has 2 fully saturated rings. The summed E-state index contributed by atoms with van der Waals surface area (Å²) in [5.41, 5.74) is 3.49. The number of aryl methyl sites for hydroxylation is 2. The minimum atomic E-state index is -0.400. The van der Waals surface area contributed by atoms with Crippen LogP contribution in [0, 0.1) is 13.8 Å². The normalized spacial score (nSPS) is 14.5. The van der Waals surface area contributed by atoms with Crippen molar-refractivity contribution in [2.45, 2.75) is 58.9 Å². The van der Waals surface area contributed by atoms with Gasteiger partial charge in [0.15, 0.2) is 5.78 Å². The summed E-state index contributed by atoms with van der Waals surface area (Å²) >= 11 is 0. The van der Waals surface area contributed by atoms with Crippen molar-refractivity contribution < 1.29 is 28.7 Å². The quantitative estimate of drug-likeness (QED) is 0.0581. The molecule has 1 aliphatic carbocycles. The summed E-state index contributed by atoms with van der Waals surface area (Å²) in [6.07, 6.45) is 8.96. The second-order valence-corrected chi connectivity index (χ2v) is 15.7. The maximum absolute atomic E-state index is 13.5. The summed E-state index contributed by atoms with van der Waals surface area (Å²) in [6, 6.07) is 10.6. The van der Waals surface area contributed by atoms with E-state index in [0.717, 1.165) is 50.2 Å². The largest absolute Gasteiger partial charge is 0.379 e. The van der Waals surface area contributed by atoms with E-state index in [1.807, 2.05) is 19.1 Å². The molecule has 5 heterocycles. The van der Waals surface area contributed by atoms with E-state index in [4.69, 9.17) is 14.5 Å². The summed E-state index contributed by atoms with van der Waals surface area (Å²) in [7, 11) is 0. The number of carbonyl (C=O) groups is 4. The molecule has 19 nitrogen and oxygen atoms in total. The lowest BCUT2D eigenvalue weighted by atomic mass is 10.0. The number of aromatic amines is 1. The van der Waals surface area contributed by atoms with E-state index in [1.54, 1.807) is 54.3 Å². The van der Waals surface area contributed by atoms with Crippen molar-refractivity contribution >= 4 is 63.6 Å². The number of nitrogens with zero attached hydrogens (tertiary/aromatic N) is 7. The minimum Gasteiger partial charge on any atom is -0.379 e. The molecule has 4 aromatic heterocycles. The monoisotopic (exact) mass is 862 g/mol. The van der Waals surface area contributed by atoms with Gasteiger partial charge in [0.25, 0.3) is 11.5 Å². The van der Waals surface area contributed by atoms with Crippen LogP contribution in [-0.2, 0) is 19.1 Å². The van der Waals surface area contributed by atoms with Crippen LogP contribution >= 0.6 is 0 Å². The Balaban J connectivity index is 0.765. The number of nitrogens with one attached hydrogen (secondary N) is 5. The Kier molecular flexibility index (Phi) is 14.8. The molecule has 332 valence electrons. The third-order valence-electron chi connectivity index (χ3n) is 11.1. The van der Waals surface area contributed by atoms with Crippen molar-refractivity contribution in [1.82, 2.24) is 39.7 Å². The van der Waals surface area contributed by atoms with E-state index >= 15 is 0 Å². The molecule has 7 rings (SSSR count). The van der Waals surface area contributed by atoms with E-state index in [-0.39, 0.29) is 60.9 Å². The number of para-hydroxylation sites is 1. The highest BCUT2D eigenvalue weighted by molar-refractivity contribution is 6.09. The van der Waals surface area contributed by atoms with Crippen molar-refractivity contribution in [3.63, 3.8) is 0 Å². The topological polar surface area (TPSA) is 231 Å². The number of H-pyrrole nitrogens is 1. The van der Waals surface area contributed by atoms with Crippen LogP contribution in [0.3, 0.4) is 0 Å². The fourth-order valence-corrected chi connectivity index (χ4v) is 7.90. The van der Waals surface area contributed by atoms with Gasteiger partial charge in [-0.1, -0.05) is 25.0 Å². The number of anilines is 5. The van der Waals surface area contributed by atoms with Crippen LogP contribution in [0.25, 0.3) is 11.0 Å². The SMILES string of the molecule is CC(=O)c1c(C)c2cnc(Nc3ccc(N4CCN(CC(=O)NCCOCCOCCC(=O)Nc5ccccc5C(=O)Nc5ncc(C)[nH]5)CC4)cn3)nc2n(C2CCCC2)c1=O. The number of rotatable bonds is 19. The van der Waals surface area contributed by atoms with E-state index in [1.165, 1.54) is 6.92 Å². The smallest absolute Gasteiger partial charge is 0.263 e. The highest BCUT2D eigenvalue weighted by Crippen LogP contribution is 2.32. The summed E-state index contributed by atoms with van der Waals surface area (Å²) in [5.74, 6) is 0.171. The second-order valence-electron chi connectivity index (χ2n) is 15.7. The molecule has 0 radical (unpaired) electrons. The molecule has 5 aromatic rings. The Morgan fingerprint density at radius 2 is 1.60 bits per heavy atom. The number of imidazole rings is 1. The van der Waals surface area contributed by atoms with Gasteiger partial charge in [0.2, 0.25) is 23.7 Å². The molecule has 0 bridgehead atoms. The third-order valence-corrected chi connectivity index (χ3v) is 11.1. The van der Waals surface area contributed by atoms with Crippen LogP contribution in [0.1, 0.15) is 77.0 Å². The fraction of sp³-hybridized carbons (Fsp3) is 0.432. The molecule has 0 atom stereocenters. The predicted molar refractivity (Wildman–Crippen MR) is 238 cm³/mol. The third kappa shape index (κ3) is 11.5. The minimum absolute atomic E-state index is 0.00677. The number of ether oxygens (including phenoxy) is 2. The maximum Gasteiger partial charge on any atom is 0.263 e. The lowest BCUT2D eigenvalue weighted by Crippen LogP contribution is -2.49. The van der Waals surface area contributed by atoms with Gasteiger partial charge < -0.3 is 35.3 Å². The lowest BCUT2D eigenvalue weighted by Gasteiger charge is -2.35. The van der Waals surface area contributed by atoms with Gasteiger partial charge in [0.1, 0.15) is 11.5 Å². The van der Waals surface area contributed by atoms with E-state index in [0.29, 0.717) is 78.4 Å². The Morgan fingerprint density at radius 1 is 0.841 bits per heavy atom. The molecular weight excluding hydrogens is 809 g/mol. The highest BCUT2D eigenvalue weighted by atomic mass is 16.5. The first kappa shape index (κ1) is 44.5. The van der Waals surface area contributed by atoms with E-state index in [9.17, 15) is 24.0 Å². The zero-order valence-corrected chi connectivity index (χ0v) is 35.9. The van der Waals surface area contributed by atoms with Crippen molar-refractivity contribution in [3.8, 4) is 0 Å². The number of ketones is 1. The van der Waals surface area contributed by atoms with E-state index in [2.05, 4.69) is 51.0 Å². The Hall–Kier alpha value is -6.57. The molecule has 1 saturated carbocycles. The van der Waals surface area contributed by atoms with Gasteiger partial charge in [-0.15, -0.1) is 0 Å². The molecule has 1 aromatic carbocycles. The zero-order chi connectivity index (χ0) is 44.3. The van der Waals surface area contributed by atoms with Gasteiger partial charge >= 0.3 is 0 Å². The predicted octanol–water partition coefficient (Wildman–Crippen LogP) is 4.14. The lowest BCUT2D eigenvalue weighted by molar-refractivity contribution is -0.122. The number of piperazine rings is 1. The molecular formula is C44H54N12O7. The van der Waals surface area contributed by atoms with Crippen molar-refractivity contribution in [2.75, 3.05) is 86.5 Å². The zero-order valence-electron chi connectivity index (χ0n) is 35.9. The van der Waals surface area contributed by atoms with Gasteiger partial charge in [-0.2, -0.15) is 4.98 Å². The molecule has 5 N–H and O–H groups in total. The van der Waals surface area contributed by atoms with Crippen LogP contribution in [0.15, 0.2) is 59.8 Å². The van der Waals surface area contributed by atoms with Gasteiger partial charge in [-0.25, -0.2) is 15.0 Å². The van der Waals surface area contributed by atoms with Gasteiger partial charge in [0.05, 0.1) is 68.1 Å². The van der Waals surface area contributed by atoms with Crippen molar-refractivity contribution in [1.29, 1.82) is 0 Å². The Bertz CT molecular complexity index is 2470. The first-order chi connectivity index (χ1) is 30.5. The Labute approximate surface area is 364 Å². The molecule has 0 unspecified atom stereocenters. The molecule has 0 spiro atoms. The standard InChI is InChI=1S/C44H54N12O7/c1-28-24-47-43(49-28)53-41(60)33-10-6-7-11-35(33)50-37(58)14-20-62-22-23-63-21-15-45-38(59)27-54-16-18-55(19-17-54)32-12-13-36(46-25-32)51-44-48-26-34-29(2)39(30(3)57)42(61)56(40(34)52-44)31-8-4-5-9-31/h6-7,10-13,24-26,31H,4-5,8-9,14-23,27H2,1-3H3,(H,45,59)(H,50,58)(H,46,48,51,52)(H2,47,49,53,60). The number of carbonyl (C=O) groups excluding carboxylic acids is 4. The molecule has 19 heteroatoms. The number of benzene rings is 1. The summed E-state index contributed by atoms with van der Waals surface area (Å²) in [4.78, 5) is 89.1. The van der Waals surface area contributed by atoms with E-state index < -0.39 is 5.91 Å². The van der Waals surface area contributed by atoms with Crippen LogP contribution in [0.5, 0.6) is 0 Å². The van der Waals surface area contributed by atoms with Gasteiger partial charge in [-0.3, -0.25) is 38.8 Å². The van der Waals surface area contributed by atoms with Gasteiger partial charge in [0, 0.05) is 62.2 Å². The molecule has 1 aliphatic heterocycles. The summed E-state index contributed by atoms with van der Waals surface area (Å²) < 4.78 is 12.8. The molecule has 3 amide bonds. The van der Waals surface area contributed by atoms with Gasteiger partial charge in [-0.05, 0) is 63.4 Å². The van der Waals surface area contributed by atoms with Crippen molar-refractivity contribution in [3.05, 3.63) is 87.7 Å². The highest BCUT2D eigenvalue weighted by Gasteiger charge is 2.26. The number of hydrogen-bond acceptors (Lipinski definition) is 14. The van der Waals surface area contributed by atoms with Crippen LogP contribution < -0.4 is 31.7 Å². The van der Waals surface area contributed by atoms with Crippen LogP contribution in [-0.4, -0.2) is 124 Å². The van der Waals surface area contributed by atoms with Crippen LogP contribution in [0.4, 0.5) is 29.1 Å². The first-order valence-electron chi connectivity index (χ1n) is 21.3. The first-order valence-corrected chi connectivity index (χ1v) is 21.3. The number of aromatic nitrogens is 6. The fourth-order valence-electron chi connectivity index (χ4n) is 7.90. The summed E-state index contributed by atoms with van der Waals surface area (Å²) in [5, 5.41) is 12.2. The Morgan fingerprint density at radius 3 is 2.32 bits per heavy atom. The number of Topliss-reactive ketones (excluding diaryl/α,β-unsaturated/α-hetero) is 1. The molecule has 2 aliphatic rings.